The Kier molecular flexibility index (Phi) is 6.25. The molecule has 0 bridgehead atoms. The first kappa shape index (κ1) is 21.0. The molecule has 6 nitrogen and oxygen atoms in total. The van der Waals surface area contributed by atoms with Gasteiger partial charge in [-0.25, -0.2) is 0 Å². The van der Waals surface area contributed by atoms with Crippen molar-refractivity contribution in [3.05, 3.63) is 82.0 Å². The molecule has 0 aliphatic carbocycles. The molecule has 0 radical (unpaired) electrons. The summed E-state index contributed by atoms with van der Waals surface area (Å²) in [4.78, 5) is 14.7. The van der Waals surface area contributed by atoms with Crippen LogP contribution in [0, 0.1) is 6.92 Å². The number of carbonyl (C=O) groups is 1. The van der Waals surface area contributed by atoms with E-state index in [2.05, 4.69) is 31.9 Å². The van der Waals surface area contributed by atoms with Crippen LogP contribution in [0.15, 0.2) is 69.8 Å². The standard InChI is InChI=1S/C24H24N4O2S/c1-16-5-4-6-19(13-16)24-27-26-23(30-24)18-9-7-17(8-10-18)22(29)25-14-21(28(2)3)20-11-12-31-15-20/h4-13,15,21H,14H2,1-3H3,(H,25,29)/t21-/m1/s1. The molecule has 4 aromatic rings. The highest BCUT2D eigenvalue weighted by atomic mass is 32.1. The van der Waals surface area contributed by atoms with Crippen molar-refractivity contribution < 1.29 is 9.21 Å². The predicted octanol–water partition coefficient (Wildman–Crippen LogP) is 4.81. The third-order valence-corrected chi connectivity index (χ3v) is 5.79. The van der Waals surface area contributed by atoms with E-state index in [1.807, 2.05) is 62.8 Å². The zero-order valence-corrected chi connectivity index (χ0v) is 18.5. The summed E-state index contributed by atoms with van der Waals surface area (Å²) in [5, 5.41) is 15.5. The van der Waals surface area contributed by atoms with E-state index in [-0.39, 0.29) is 11.9 Å². The van der Waals surface area contributed by atoms with Crippen LogP contribution in [0.4, 0.5) is 0 Å². The molecule has 31 heavy (non-hydrogen) atoms. The Morgan fingerprint density at radius 1 is 1.06 bits per heavy atom. The van der Waals surface area contributed by atoms with Crippen LogP contribution in [-0.4, -0.2) is 41.6 Å². The van der Waals surface area contributed by atoms with Crippen LogP contribution in [0.5, 0.6) is 0 Å². The summed E-state index contributed by atoms with van der Waals surface area (Å²) in [6.45, 7) is 2.56. The number of amides is 1. The summed E-state index contributed by atoms with van der Waals surface area (Å²) in [5.74, 6) is 0.789. The lowest BCUT2D eigenvalue weighted by molar-refractivity contribution is 0.0942. The lowest BCUT2D eigenvalue weighted by atomic mass is 10.1. The first-order valence-corrected chi connectivity index (χ1v) is 10.9. The maximum atomic E-state index is 12.6. The average Bonchev–Trinajstić information content (AvgIpc) is 3.46. The van der Waals surface area contributed by atoms with Crippen molar-refractivity contribution >= 4 is 17.2 Å². The van der Waals surface area contributed by atoms with E-state index in [0.29, 0.717) is 23.9 Å². The van der Waals surface area contributed by atoms with Gasteiger partial charge in [0.1, 0.15) is 0 Å². The predicted molar refractivity (Wildman–Crippen MR) is 123 cm³/mol. The highest BCUT2D eigenvalue weighted by Gasteiger charge is 2.17. The fourth-order valence-corrected chi connectivity index (χ4v) is 4.06. The summed E-state index contributed by atoms with van der Waals surface area (Å²) in [7, 11) is 4.03. The van der Waals surface area contributed by atoms with Gasteiger partial charge < -0.3 is 14.6 Å². The number of benzene rings is 2. The Balaban J connectivity index is 1.43. The Labute approximate surface area is 185 Å². The summed E-state index contributed by atoms with van der Waals surface area (Å²) >= 11 is 1.66. The van der Waals surface area contributed by atoms with E-state index in [4.69, 9.17) is 4.42 Å². The van der Waals surface area contributed by atoms with Crippen molar-refractivity contribution in [2.24, 2.45) is 0 Å². The fraction of sp³-hybridized carbons (Fsp3) is 0.208. The third-order valence-electron chi connectivity index (χ3n) is 5.09. The first-order valence-electron chi connectivity index (χ1n) is 9.99. The molecule has 0 saturated heterocycles. The minimum atomic E-state index is -0.111. The number of aromatic nitrogens is 2. The second-order valence-electron chi connectivity index (χ2n) is 7.61. The number of carbonyl (C=O) groups excluding carboxylic acids is 1. The zero-order valence-electron chi connectivity index (χ0n) is 17.7. The van der Waals surface area contributed by atoms with Gasteiger partial charge in [-0.1, -0.05) is 17.7 Å². The summed E-state index contributed by atoms with van der Waals surface area (Å²) in [6, 6.07) is 17.3. The highest BCUT2D eigenvalue weighted by molar-refractivity contribution is 7.08. The molecule has 0 aliphatic rings. The van der Waals surface area contributed by atoms with E-state index < -0.39 is 0 Å². The van der Waals surface area contributed by atoms with Gasteiger partial charge in [0, 0.05) is 23.2 Å². The number of hydrogen-bond donors (Lipinski definition) is 1. The van der Waals surface area contributed by atoms with E-state index in [1.54, 1.807) is 23.5 Å². The maximum Gasteiger partial charge on any atom is 0.251 e. The largest absolute Gasteiger partial charge is 0.416 e. The molecule has 0 aliphatic heterocycles. The van der Waals surface area contributed by atoms with Gasteiger partial charge in [-0.15, -0.1) is 10.2 Å². The quantitative estimate of drug-likeness (QED) is 0.454. The lowest BCUT2D eigenvalue weighted by Gasteiger charge is -2.24. The van der Waals surface area contributed by atoms with Gasteiger partial charge in [-0.05, 0) is 79.8 Å². The van der Waals surface area contributed by atoms with E-state index in [0.717, 1.165) is 16.7 Å². The van der Waals surface area contributed by atoms with Gasteiger partial charge in [-0.2, -0.15) is 11.3 Å². The molecule has 2 aromatic carbocycles. The lowest BCUT2D eigenvalue weighted by Crippen LogP contribution is -2.34. The molecule has 0 fully saturated rings. The van der Waals surface area contributed by atoms with Crippen LogP contribution in [0.25, 0.3) is 22.9 Å². The van der Waals surface area contributed by atoms with Crippen LogP contribution in [0.3, 0.4) is 0 Å². The summed E-state index contributed by atoms with van der Waals surface area (Å²) < 4.78 is 5.83. The molecule has 1 amide bonds. The zero-order chi connectivity index (χ0) is 21.8. The number of thiophene rings is 1. The van der Waals surface area contributed by atoms with Crippen LogP contribution in [-0.2, 0) is 0 Å². The molecule has 1 N–H and O–H groups in total. The Morgan fingerprint density at radius 2 is 1.81 bits per heavy atom. The van der Waals surface area contributed by atoms with E-state index in [9.17, 15) is 4.79 Å². The van der Waals surface area contributed by atoms with Crippen molar-refractivity contribution in [2.45, 2.75) is 13.0 Å². The molecule has 2 aromatic heterocycles. The molecule has 4 rings (SSSR count). The van der Waals surface area contributed by atoms with E-state index >= 15 is 0 Å². The van der Waals surface area contributed by atoms with Gasteiger partial charge in [0.25, 0.3) is 5.91 Å². The van der Waals surface area contributed by atoms with Crippen molar-refractivity contribution in [1.29, 1.82) is 0 Å². The number of rotatable bonds is 7. The smallest absolute Gasteiger partial charge is 0.251 e. The van der Waals surface area contributed by atoms with Crippen molar-refractivity contribution in [1.82, 2.24) is 20.4 Å². The van der Waals surface area contributed by atoms with Crippen LogP contribution in [0.2, 0.25) is 0 Å². The molecule has 0 unspecified atom stereocenters. The van der Waals surface area contributed by atoms with Gasteiger partial charge in [0.05, 0.1) is 6.04 Å². The number of likely N-dealkylation sites (N-methyl/N-ethyl adjacent to an activating group) is 1. The SMILES string of the molecule is Cc1cccc(-c2nnc(-c3ccc(C(=O)NC[C@H](c4ccsc4)N(C)C)cc3)o2)c1. The molecule has 2 heterocycles. The summed E-state index contributed by atoms with van der Waals surface area (Å²) in [6.07, 6.45) is 0. The maximum absolute atomic E-state index is 12.6. The number of nitrogens with one attached hydrogen (secondary N) is 1. The number of nitrogens with zero attached hydrogens (tertiary/aromatic N) is 3. The van der Waals surface area contributed by atoms with Gasteiger partial charge in [-0.3, -0.25) is 4.79 Å². The highest BCUT2D eigenvalue weighted by Crippen LogP contribution is 2.25. The van der Waals surface area contributed by atoms with Gasteiger partial charge >= 0.3 is 0 Å². The molecule has 7 heteroatoms. The molecule has 0 spiro atoms. The Hall–Kier alpha value is -3.29. The first-order chi connectivity index (χ1) is 15.0. The fourth-order valence-electron chi connectivity index (χ4n) is 3.35. The third kappa shape index (κ3) is 4.90. The van der Waals surface area contributed by atoms with Crippen LogP contribution < -0.4 is 5.32 Å². The molecule has 1 atom stereocenters. The summed E-state index contributed by atoms with van der Waals surface area (Å²) in [5.41, 5.74) is 4.57. The van der Waals surface area contributed by atoms with E-state index in [1.165, 1.54) is 5.56 Å². The van der Waals surface area contributed by atoms with Crippen molar-refractivity contribution in [3.63, 3.8) is 0 Å². The average molecular weight is 433 g/mol. The van der Waals surface area contributed by atoms with Crippen molar-refractivity contribution in [3.8, 4) is 22.9 Å². The molecule has 158 valence electrons. The van der Waals surface area contributed by atoms with Gasteiger partial charge in [0.15, 0.2) is 0 Å². The van der Waals surface area contributed by atoms with Crippen LogP contribution in [0.1, 0.15) is 27.5 Å². The molecular formula is C24H24N4O2S. The Bertz CT molecular complexity index is 1150. The normalized spacial score (nSPS) is 12.1. The van der Waals surface area contributed by atoms with Crippen molar-refractivity contribution in [2.75, 3.05) is 20.6 Å². The minimum Gasteiger partial charge on any atom is -0.416 e. The number of aryl methyl sites for hydroxylation is 1. The Morgan fingerprint density at radius 3 is 2.45 bits per heavy atom. The second-order valence-corrected chi connectivity index (χ2v) is 8.39. The number of hydrogen-bond acceptors (Lipinski definition) is 6. The minimum absolute atomic E-state index is 0.111. The molecular weight excluding hydrogens is 408 g/mol. The monoisotopic (exact) mass is 432 g/mol. The van der Waals surface area contributed by atoms with Gasteiger partial charge in [0.2, 0.25) is 11.8 Å². The molecule has 0 saturated carbocycles. The second kappa shape index (κ2) is 9.24. The van der Waals surface area contributed by atoms with Crippen LogP contribution >= 0.6 is 11.3 Å². The topological polar surface area (TPSA) is 71.3 Å².